The van der Waals surface area contributed by atoms with E-state index in [4.69, 9.17) is 0 Å². The van der Waals surface area contributed by atoms with Crippen LogP contribution in [0.25, 0.3) is 0 Å². The Bertz CT molecular complexity index is 406. The predicted molar refractivity (Wildman–Crippen MR) is 72.8 cm³/mol. The molecule has 1 saturated carbocycles. The van der Waals surface area contributed by atoms with E-state index >= 15 is 0 Å². The van der Waals surface area contributed by atoms with Crippen LogP contribution < -0.4 is 0 Å². The van der Waals surface area contributed by atoms with Crippen LogP contribution in [0.1, 0.15) is 52.4 Å². The Labute approximate surface area is 119 Å². The lowest BCUT2D eigenvalue weighted by atomic mass is 9.70. The molecule has 0 unspecified atom stereocenters. The minimum atomic E-state index is -0.932. The van der Waals surface area contributed by atoms with E-state index < -0.39 is 11.4 Å². The number of hydrogen-bond donors (Lipinski definition) is 1. The number of carboxylic acid groups (broad SMARTS) is 1. The highest BCUT2D eigenvalue weighted by Crippen LogP contribution is 2.40. The zero-order valence-corrected chi connectivity index (χ0v) is 12.2. The highest BCUT2D eigenvalue weighted by atomic mass is 16.4. The fraction of sp³-hybridized carbons (Fsp3) is 0.800. The molecular formula is C15H23NO4. The van der Waals surface area contributed by atoms with Crippen molar-refractivity contribution in [3.8, 4) is 0 Å². The minimum absolute atomic E-state index is 0.0550. The van der Waals surface area contributed by atoms with Gasteiger partial charge in [0.1, 0.15) is 0 Å². The molecular weight excluding hydrogens is 258 g/mol. The summed E-state index contributed by atoms with van der Waals surface area (Å²) in [4.78, 5) is 36.9. The van der Waals surface area contributed by atoms with Gasteiger partial charge in [0.2, 0.25) is 11.8 Å². The second-order valence-electron chi connectivity index (χ2n) is 6.66. The maximum Gasteiger partial charge on any atom is 0.311 e. The van der Waals surface area contributed by atoms with Gasteiger partial charge in [0.15, 0.2) is 0 Å². The van der Waals surface area contributed by atoms with E-state index in [0.29, 0.717) is 31.6 Å². The van der Waals surface area contributed by atoms with Gasteiger partial charge in [-0.1, -0.05) is 13.8 Å². The van der Waals surface area contributed by atoms with Gasteiger partial charge in [-0.2, -0.15) is 0 Å². The van der Waals surface area contributed by atoms with Gasteiger partial charge in [0, 0.05) is 19.4 Å². The van der Waals surface area contributed by atoms with Gasteiger partial charge >= 0.3 is 5.97 Å². The van der Waals surface area contributed by atoms with Crippen molar-refractivity contribution in [2.45, 2.75) is 52.4 Å². The van der Waals surface area contributed by atoms with Crippen LogP contribution >= 0.6 is 0 Å². The van der Waals surface area contributed by atoms with Crippen LogP contribution in [0.3, 0.4) is 0 Å². The van der Waals surface area contributed by atoms with Crippen molar-refractivity contribution in [3.05, 3.63) is 0 Å². The van der Waals surface area contributed by atoms with Crippen molar-refractivity contribution in [1.29, 1.82) is 0 Å². The van der Waals surface area contributed by atoms with Crippen LogP contribution in [0.5, 0.6) is 0 Å². The molecule has 0 aromatic carbocycles. The van der Waals surface area contributed by atoms with Gasteiger partial charge in [-0.05, 0) is 37.5 Å². The van der Waals surface area contributed by atoms with Gasteiger partial charge in [-0.15, -0.1) is 0 Å². The summed E-state index contributed by atoms with van der Waals surface area (Å²) in [7, 11) is 0. The summed E-state index contributed by atoms with van der Waals surface area (Å²) in [6, 6.07) is 0. The second kappa shape index (κ2) is 5.54. The molecule has 2 fully saturated rings. The first-order valence-corrected chi connectivity index (χ1v) is 7.40. The Hall–Kier alpha value is -1.39. The number of rotatable bonds is 3. The summed E-state index contributed by atoms with van der Waals surface area (Å²) in [6.45, 7) is 4.05. The van der Waals surface area contributed by atoms with Gasteiger partial charge in [-0.25, -0.2) is 0 Å². The molecule has 1 aliphatic heterocycles. The third-order valence-electron chi connectivity index (χ3n) is 4.79. The molecule has 1 N–H and O–H groups in total. The SMILES string of the molecule is CC1CCC(CN2C(=O)CC(C)CC2=O)(C(=O)O)CC1. The number of hydrogen-bond acceptors (Lipinski definition) is 3. The fourth-order valence-corrected chi connectivity index (χ4v) is 3.26. The molecule has 0 atom stereocenters. The van der Waals surface area contributed by atoms with Crippen LogP contribution in [0.2, 0.25) is 0 Å². The summed E-state index contributed by atoms with van der Waals surface area (Å²) in [6.07, 6.45) is 3.49. The topological polar surface area (TPSA) is 74.7 Å². The standard InChI is InChI=1S/C15H23NO4/c1-10-3-5-15(6-4-10,14(19)20)9-16-12(17)7-11(2)8-13(16)18/h10-11H,3-9H2,1-2H3,(H,19,20). The van der Waals surface area contributed by atoms with E-state index in [-0.39, 0.29) is 24.3 Å². The Morgan fingerprint density at radius 2 is 1.65 bits per heavy atom. The van der Waals surface area contributed by atoms with E-state index in [0.717, 1.165) is 12.8 Å². The number of piperidine rings is 1. The lowest BCUT2D eigenvalue weighted by Gasteiger charge is -2.40. The van der Waals surface area contributed by atoms with E-state index in [2.05, 4.69) is 6.92 Å². The first-order valence-electron chi connectivity index (χ1n) is 7.40. The zero-order chi connectivity index (χ0) is 14.9. The second-order valence-corrected chi connectivity index (χ2v) is 6.66. The molecule has 5 nitrogen and oxygen atoms in total. The van der Waals surface area contributed by atoms with Gasteiger partial charge < -0.3 is 5.11 Å². The molecule has 20 heavy (non-hydrogen) atoms. The number of carbonyl (C=O) groups excluding carboxylic acids is 2. The fourth-order valence-electron chi connectivity index (χ4n) is 3.26. The maximum absolute atomic E-state index is 12.0. The first kappa shape index (κ1) is 15.0. The van der Waals surface area contributed by atoms with Crippen LogP contribution in [0.4, 0.5) is 0 Å². The normalized spacial score (nSPS) is 32.5. The molecule has 0 bridgehead atoms. The molecule has 2 amide bonds. The van der Waals surface area contributed by atoms with Gasteiger partial charge in [-0.3, -0.25) is 19.3 Å². The number of carbonyl (C=O) groups is 3. The summed E-state index contributed by atoms with van der Waals surface area (Å²) in [5, 5.41) is 9.58. The molecule has 1 saturated heterocycles. The molecule has 2 aliphatic rings. The molecule has 2 rings (SSSR count). The average molecular weight is 281 g/mol. The number of nitrogens with zero attached hydrogens (tertiary/aromatic N) is 1. The van der Waals surface area contributed by atoms with Crippen molar-refractivity contribution < 1.29 is 19.5 Å². The maximum atomic E-state index is 12.0. The largest absolute Gasteiger partial charge is 0.481 e. The Morgan fingerprint density at radius 1 is 1.15 bits per heavy atom. The first-order chi connectivity index (χ1) is 9.34. The predicted octanol–water partition coefficient (Wildman–Crippen LogP) is 2.05. The Morgan fingerprint density at radius 3 is 2.10 bits per heavy atom. The lowest BCUT2D eigenvalue weighted by molar-refractivity contribution is -0.159. The minimum Gasteiger partial charge on any atom is -0.481 e. The number of imide groups is 1. The monoisotopic (exact) mass is 281 g/mol. The van der Waals surface area contributed by atoms with Crippen molar-refractivity contribution in [2.24, 2.45) is 17.3 Å². The van der Waals surface area contributed by atoms with E-state index in [9.17, 15) is 19.5 Å². The summed E-state index contributed by atoms with van der Waals surface area (Å²) >= 11 is 0. The Balaban J connectivity index is 2.14. The van der Waals surface area contributed by atoms with Gasteiger partial charge in [0.05, 0.1) is 5.41 Å². The third kappa shape index (κ3) is 2.86. The molecule has 0 radical (unpaired) electrons. The highest BCUT2D eigenvalue weighted by molar-refractivity contribution is 5.98. The average Bonchev–Trinajstić information content (AvgIpc) is 2.36. The van der Waals surface area contributed by atoms with Crippen LogP contribution in [0, 0.1) is 17.3 Å². The molecule has 0 aromatic rings. The van der Waals surface area contributed by atoms with E-state index in [1.165, 1.54) is 4.90 Å². The summed E-state index contributed by atoms with van der Waals surface area (Å²) < 4.78 is 0. The molecule has 5 heteroatoms. The van der Waals surface area contributed by atoms with Crippen molar-refractivity contribution in [2.75, 3.05) is 6.54 Å². The Kier molecular flexibility index (Phi) is 4.16. The molecule has 112 valence electrons. The molecule has 0 aromatic heterocycles. The van der Waals surface area contributed by atoms with Crippen molar-refractivity contribution in [3.63, 3.8) is 0 Å². The van der Waals surface area contributed by atoms with Crippen LogP contribution in [0.15, 0.2) is 0 Å². The summed E-state index contributed by atoms with van der Waals surface area (Å²) in [5.74, 6) is -0.710. The molecule has 1 heterocycles. The number of carboxylic acids is 1. The lowest BCUT2D eigenvalue weighted by Crippen LogP contribution is -2.51. The number of amides is 2. The molecule has 1 aliphatic carbocycles. The highest BCUT2D eigenvalue weighted by Gasteiger charge is 2.45. The van der Waals surface area contributed by atoms with E-state index in [1.54, 1.807) is 0 Å². The van der Waals surface area contributed by atoms with Gasteiger partial charge in [0.25, 0.3) is 0 Å². The van der Waals surface area contributed by atoms with Crippen molar-refractivity contribution in [1.82, 2.24) is 4.90 Å². The molecule has 0 spiro atoms. The smallest absolute Gasteiger partial charge is 0.311 e. The summed E-state index contributed by atoms with van der Waals surface area (Å²) in [5.41, 5.74) is -0.932. The zero-order valence-electron chi connectivity index (χ0n) is 12.2. The van der Waals surface area contributed by atoms with Crippen LogP contribution in [-0.4, -0.2) is 34.3 Å². The van der Waals surface area contributed by atoms with Crippen molar-refractivity contribution >= 4 is 17.8 Å². The number of likely N-dealkylation sites (tertiary alicyclic amines) is 1. The quantitative estimate of drug-likeness (QED) is 0.803. The van der Waals surface area contributed by atoms with Crippen LogP contribution in [-0.2, 0) is 14.4 Å². The number of aliphatic carboxylic acids is 1. The van der Waals surface area contributed by atoms with E-state index in [1.807, 2.05) is 6.92 Å². The third-order valence-corrected chi connectivity index (χ3v) is 4.79.